The van der Waals surface area contributed by atoms with E-state index >= 15 is 0 Å². The van der Waals surface area contributed by atoms with Crippen molar-refractivity contribution in [3.05, 3.63) is 72.9 Å². The third-order valence-electron chi connectivity index (χ3n) is 6.00. The average molecular weight is 494 g/mol. The number of hydrogen-bond acceptors (Lipinski definition) is 7. The first kappa shape index (κ1) is 23.6. The van der Waals surface area contributed by atoms with Crippen LogP contribution in [0.15, 0.2) is 40.5 Å². The number of morpholine rings is 1. The molecule has 1 fully saturated rings. The van der Waals surface area contributed by atoms with Crippen molar-refractivity contribution < 1.29 is 19.0 Å². The van der Waals surface area contributed by atoms with Gasteiger partial charge in [0.05, 0.1) is 41.9 Å². The zero-order valence-corrected chi connectivity index (χ0v) is 19.9. The number of methoxy groups -OCH3 is 1. The standard InChI is InChI=1S/C23H25Cl2N3O5/c1-13-11-17-19(22(29)28(13)6-5-27-7-9-32-10-8-27)18(14-3-4-15(24)16(25)12-14)20(21(26)33-17)23(30)31-2/h3-4,11-12,18H,5-10,26H2,1-2H3/t18-/m1/s1. The number of nitrogens with zero attached hydrogens (tertiary/aromatic N) is 2. The van der Waals surface area contributed by atoms with Crippen LogP contribution in [0.3, 0.4) is 0 Å². The van der Waals surface area contributed by atoms with Crippen molar-refractivity contribution in [2.24, 2.45) is 5.73 Å². The van der Waals surface area contributed by atoms with Gasteiger partial charge in [-0.1, -0.05) is 29.3 Å². The van der Waals surface area contributed by atoms with E-state index < -0.39 is 11.9 Å². The molecule has 0 aliphatic carbocycles. The summed E-state index contributed by atoms with van der Waals surface area (Å²) in [5.41, 5.74) is 7.53. The van der Waals surface area contributed by atoms with E-state index in [9.17, 15) is 9.59 Å². The van der Waals surface area contributed by atoms with E-state index in [1.54, 1.807) is 28.8 Å². The Balaban J connectivity index is 1.83. The van der Waals surface area contributed by atoms with Gasteiger partial charge < -0.3 is 24.5 Å². The lowest BCUT2D eigenvalue weighted by atomic mass is 9.83. The second-order valence-electron chi connectivity index (χ2n) is 7.95. The van der Waals surface area contributed by atoms with Crippen LogP contribution in [0.2, 0.25) is 10.0 Å². The Hall–Kier alpha value is -2.52. The van der Waals surface area contributed by atoms with Crippen LogP contribution < -0.4 is 16.0 Å². The number of rotatable bonds is 5. The molecule has 2 aromatic rings. The fourth-order valence-electron chi connectivity index (χ4n) is 4.26. The highest BCUT2D eigenvalue weighted by atomic mass is 35.5. The minimum absolute atomic E-state index is 0.0454. The van der Waals surface area contributed by atoms with Gasteiger partial charge in [0.2, 0.25) is 5.88 Å². The smallest absolute Gasteiger partial charge is 0.340 e. The van der Waals surface area contributed by atoms with Gasteiger partial charge >= 0.3 is 5.97 Å². The Labute approximate surface area is 201 Å². The monoisotopic (exact) mass is 493 g/mol. The molecule has 0 radical (unpaired) electrons. The highest BCUT2D eigenvalue weighted by molar-refractivity contribution is 6.42. The van der Waals surface area contributed by atoms with Gasteiger partial charge in [-0.3, -0.25) is 9.69 Å². The van der Waals surface area contributed by atoms with E-state index in [4.69, 9.17) is 43.1 Å². The predicted octanol–water partition coefficient (Wildman–Crippen LogP) is 2.66. The van der Waals surface area contributed by atoms with Crippen LogP contribution in [0.5, 0.6) is 5.75 Å². The Morgan fingerprint density at radius 3 is 2.58 bits per heavy atom. The molecule has 0 spiro atoms. The summed E-state index contributed by atoms with van der Waals surface area (Å²) < 4.78 is 17.8. The minimum Gasteiger partial charge on any atom is -0.465 e. The van der Waals surface area contributed by atoms with Crippen LogP contribution >= 0.6 is 23.2 Å². The Kier molecular flexibility index (Phi) is 6.99. The van der Waals surface area contributed by atoms with Gasteiger partial charge in [-0.15, -0.1) is 0 Å². The number of aryl methyl sites for hydroxylation is 1. The van der Waals surface area contributed by atoms with Crippen LogP contribution in [0, 0.1) is 6.92 Å². The minimum atomic E-state index is -0.821. The highest BCUT2D eigenvalue weighted by Crippen LogP contribution is 2.42. The van der Waals surface area contributed by atoms with Crippen LogP contribution in [0.4, 0.5) is 0 Å². The molecule has 8 nitrogen and oxygen atoms in total. The van der Waals surface area contributed by atoms with Crippen LogP contribution in [-0.2, 0) is 20.8 Å². The highest BCUT2D eigenvalue weighted by Gasteiger charge is 2.38. The first-order valence-electron chi connectivity index (χ1n) is 10.6. The molecule has 1 aromatic heterocycles. The largest absolute Gasteiger partial charge is 0.465 e. The normalized spacial score (nSPS) is 18.6. The van der Waals surface area contributed by atoms with Gasteiger partial charge in [-0.05, 0) is 24.6 Å². The van der Waals surface area contributed by atoms with E-state index in [1.165, 1.54) is 7.11 Å². The molecule has 4 rings (SSSR count). The predicted molar refractivity (Wildman–Crippen MR) is 125 cm³/mol. The zero-order chi connectivity index (χ0) is 23.7. The summed E-state index contributed by atoms with van der Waals surface area (Å²) in [6.07, 6.45) is 0. The Morgan fingerprint density at radius 2 is 1.91 bits per heavy atom. The second kappa shape index (κ2) is 9.77. The third kappa shape index (κ3) is 4.61. The summed E-state index contributed by atoms with van der Waals surface area (Å²) >= 11 is 12.4. The molecular formula is C23H25Cl2N3O5. The third-order valence-corrected chi connectivity index (χ3v) is 6.73. The number of ether oxygens (including phenoxy) is 3. The molecule has 0 bridgehead atoms. The van der Waals surface area contributed by atoms with Gasteiger partial charge in [-0.2, -0.15) is 0 Å². The maximum absolute atomic E-state index is 13.8. The molecular weight excluding hydrogens is 469 g/mol. The molecule has 2 aliphatic heterocycles. The number of nitrogens with two attached hydrogens (primary N) is 1. The van der Waals surface area contributed by atoms with Gasteiger partial charge in [0.25, 0.3) is 5.56 Å². The van der Waals surface area contributed by atoms with Crippen LogP contribution in [0.1, 0.15) is 22.7 Å². The van der Waals surface area contributed by atoms with Crippen molar-refractivity contribution in [2.75, 3.05) is 40.0 Å². The van der Waals surface area contributed by atoms with Crippen molar-refractivity contribution in [2.45, 2.75) is 19.4 Å². The second-order valence-corrected chi connectivity index (χ2v) is 8.77. The lowest BCUT2D eigenvalue weighted by molar-refractivity contribution is -0.136. The fourth-order valence-corrected chi connectivity index (χ4v) is 4.57. The SMILES string of the molecule is COC(=O)C1=C(N)Oc2cc(C)n(CCN3CCOCC3)c(=O)c2[C@H]1c1ccc(Cl)c(Cl)c1. The molecule has 3 heterocycles. The molecule has 10 heteroatoms. The van der Waals surface area contributed by atoms with E-state index in [2.05, 4.69) is 4.90 Å². The maximum atomic E-state index is 13.8. The van der Waals surface area contributed by atoms with Crippen molar-refractivity contribution in [1.82, 2.24) is 9.47 Å². The van der Waals surface area contributed by atoms with E-state index in [1.807, 2.05) is 6.92 Å². The lowest BCUT2D eigenvalue weighted by Crippen LogP contribution is -2.40. The summed E-state index contributed by atoms with van der Waals surface area (Å²) in [5.74, 6) is -1.32. The number of carbonyl (C=O) groups excluding carboxylic acids is 1. The van der Waals surface area contributed by atoms with Crippen molar-refractivity contribution in [3.8, 4) is 5.75 Å². The Morgan fingerprint density at radius 1 is 1.18 bits per heavy atom. The van der Waals surface area contributed by atoms with E-state index in [-0.39, 0.29) is 17.0 Å². The summed E-state index contributed by atoms with van der Waals surface area (Å²) in [6.45, 7) is 6.02. The molecule has 0 saturated carbocycles. The zero-order valence-electron chi connectivity index (χ0n) is 18.4. The number of fused-ring (bicyclic) bond motifs is 1. The van der Waals surface area contributed by atoms with E-state index in [0.717, 1.165) is 18.8 Å². The van der Waals surface area contributed by atoms with Crippen LogP contribution in [0.25, 0.3) is 0 Å². The van der Waals surface area contributed by atoms with Gasteiger partial charge in [-0.25, -0.2) is 4.79 Å². The fraction of sp³-hybridized carbons (Fsp3) is 0.391. The average Bonchev–Trinajstić information content (AvgIpc) is 2.80. The molecule has 1 aromatic carbocycles. The number of pyridine rings is 1. The summed E-state index contributed by atoms with van der Waals surface area (Å²) in [6, 6.07) is 6.71. The molecule has 33 heavy (non-hydrogen) atoms. The topological polar surface area (TPSA) is 96.0 Å². The first-order valence-corrected chi connectivity index (χ1v) is 11.3. The number of esters is 1. The lowest BCUT2D eigenvalue weighted by Gasteiger charge is -2.30. The summed E-state index contributed by atoms with van der Waals surface area (Å²) in [7, 11) is 1.25. The number of halogens is 2. The molecule has 176 valence electrons. The molecule has 1 atom stereocenters. The van der Waals surface area contributed by atoms with Crippen molar-refractivity contribution in [1.29, 1.82) is 0 Å². The summed E-state index contributed by atoms with van der Waals surface area (Å²) in [5, 5.41) is 0.654. The van der Waals surface area contributed by atoms with E-state index in [0.29, 0.717) is 53.2 Å². The molecule has 1 saturated heterocycles. The number of carbonyl (C=O) groups is 1. The van der Waals surface area contributed by atoms with Crippen molar-refractivity contribution in [3.63, 3.8) is 0 Å². The summed E-state index contributed by atoms with van der Waals surface area (Å²) in [4.78, 5) is 28.7. The molecule has 2 aliphatic rings. The maximum Gasteiger partial charge on any atom is 0.340 e. The molecule has 2 N–H and O–H groups in total. The number of hydrogen-bond donors (Lipinski definition) is 1. The first-order chi connectivity index (χ1) is 15.8. The van der Waals surface area contributed by atoms with Crippen molar-refractivity contribution >= 4 is 29.2 Å². The molecule has 0 amide bonds. The van der Waals surface area contributed by atoms with Crippen LogP contribution in [-0.4, -0.2) is 55.4 Å². The van der Waals surface area contributed by atoms with Gasteiger partial charge in [0, 0.05) is 37.9 Å². The molecule has 0 unspecified atom stereocenters. The van der Waals surface area contributed by atoms with Gasteiger partial charge in [0.15, 0.2) is 0 Å². The number of benzene rings is 1. The quantitative estimate of drug-likeness (QED) is 0.639. The number of aromatic nitrogens is 1. The Bertz CT molecular complexity index is 1170. The van der Waals surface area contributed by atoms with Gasteiger partial charge in [0.1, 0.15) is 11.3 Å².